The van der Waals surface area contributed by atoms with Gasteiger partial charge in [-0.2, -0.15) is 0 Å². The summed E-state index contributed by atoms with van der Waals surface area (Å²) in [4.78, 5) is 31.7. The average Bonchev–Trinajstić information content (AvgIpc) is 2.01. The molecule has 0 rings (SSSR count). The Bertz CT molecular complexity index is 236. The molecule has 0 saturated heterocycles. The highest BCUT2D eigenvalue weighted by atomic mass is 16.4. The van der Waals surface area contributed by atoms with E-state index in [2.05, 4.69) is 0 Å². The molecule has 0 saturated carbocycles. The van der Waals surface area contributed by atoms with Crippen molar-refractivity contribution in [1.82, 2.24) is 0 Å². The SMILES string of the molecule is CC(C)C[C@@](N)(C(=O)O)C(=O)C=O. The molecule has 5 nitrogen and oxygen atoms in total. The van der Waals surface area contributed by atoms with E-state index < -0.39 is 17.3 Å². The lowest BCUT2D eigenvalue weighted by molar-refractivity contribution is -0.150. The highest BCUT2D eigenvalue weighted by molar-refractivity contribution is 6.35. The van der Waals surface area contributed by atoms with Crippen LogP contribution in [-0.2, 0) is 14.4 Å². The van der Waals surface area contributed by atoms with Crippen LogP contribution >= 0.6 is 0 Å². The Hall–Kier alpha value is -1.23. The summed E-state index contributed by atoms with van der Waals surface area (Å²) < 4.78 is 0. The summed E-state index contributed by atoms with van der Waals surface area (Å²) in [6.07, 6.45) is -0.0869. The van der Waals surface area contributed by atoms with E-state index in [-0.39, 0.29) is 18.6 Å². The summed E-state index contributed by atoms with van der Waals surface area (Å²) in [6, 6.07) is 0. The Balaban J connectivity index is 4.83. The van der Waals surface area contributed by atoms with Gasteiger partial charge in [0, 0.05) is 0 Å². The number of ketones is 1. The van der Waals surface area contributed by atoms with Crippen molar-refractivity contribution in [3.8, 4) is 0 Å². The fraction of sp³-hybridized carbons (Fsp3) is 0.625. The predicted octanol–water partition coefficient (Wildman–Crippen LogP) is -0.417. The molecule has 74 valence electrons. The summed E-state index contributed by atoms with van der Waals surface area (Å²) in [7, 11) is 0. The average molecular weight is 187 g/mol. The molecule has 0 bridgehead atoms. The van der Waals surface area contributed by atoms with E-state index in [0.717, 1.165) is 0 Å². The van der Waals surface area contributed by atoms with Crippen molar-refractivity contribution in [3.05, 3.63) is 0 Å². The third-order valence-corrected chi connectivity index (χ3v) is 1.66. The van der Waals surface area contributed by atoms with E-state index in [1.54, 1.807) is 13.8 Å². The molecule has 0 aliphatic rings. The lowest BCUT2D eigenvalue weighted by Gasteiger charge is -2.22. The van der Waals surface area contributed by atoms with Crippen molar-refractivity contribution < 1.29 is 19.5 Å². The molecule has 0 spiro atoms. The van der Waals surface area contributed by atoms with Gasteiger partial charge in [-0.25, -0.2) is 4.79 Å². The second-order valence-corrected chi connectivity index (χ2v) is 3.36. The molecule has 0 aromatic carbocycles. The van der Waals surface area contributed by atoms with Gasteiger partial charge in [-0.1, -0.05) is 13.8 Å². The normalized spacial score (nSPS) is 15.1. The van der Waals surface area contributed by atoms with Crippen LogP contribution in [0.15, 0.2) is 0 Å². The van der Waals surface area contributed by atoms with E-state index in [9.17, 15) is 14.4 Å². The van der Waals surface area contributed by atoms with Crippen LogP contribution < -0.4 is 5.73 Å². The number of carbonyl (C=O) groups is 3. The van der Waals surface area contributed by atoms with Gasteiger partial charge < -0.3 is 10.8 Å². The van der Waals surface area contributed by atoms with Crippen molar-refractivity contribution in [2.45, 2.75) is 25.8 Å². The minimum Gasteiger partial charge on any atom is -0.480 e. The van der Waals surface area contributed by atoms with Crippen molar-refractivity contribution in [2.24, 2.45) is 11.7 Å². The zero-order valence-electron chi connectivity index (χ0n) is 7.61. The number of hydrogen-bond acceptors (Lipinski definition) is 4. The highest BCUT2D eigenvalue weighted by Gasteiger charge is 2.42. The van der Waals surface area contributed by atoms with Gasteiger partial charge in [0.05, 0.1) is 0 Å². The minimum absolute atomic E-state index is 0.0418. The summed E-state index contributed by atoms with van der Waals surface area (Å²) in [5.74, 6) is -2.61. The number of hydrogen-bond donors (Lipinski definition) is 2. The number of Topliss-reactive ketones (excluding diaryl/α,β-unsaturated/α-hetero) is 1. The molecule has 0 aliphatic heterocycles. The number of nitrogens with two attached hydrogens (primary N) is 1. The van der Waals surface area contributed by atoms with Crippen molar-refractivity contribution in [1.29, 1.82) is 0 Å². The molecule has 0 amide bonds. The molecule has 5 heteroatoms. The van der Waals surface area contributed by atoms with Crippen LogP contribution in [0.1, 0.15) is 20.3 Å². The molecule has 3 N–H and O–H groups in total. The van der Waals surface area contributed by atoms with Gasteiger partial charge in [-0.3, -0.25) is 9.59 Å². The fourth-order valence-electron chi connectivity index (χ4n) is 1.04. The van der Waals surface area contributed by atoms with Gasteiger partial charge in [-0.15, -0.1) is 0 Å². The Morgan fingerprint density at radius 3 is 2.23 bits per heavy atom. The zero-order chi connectivity index (χ0) is 10.6. The van der Waals surface area contributed by atoms with Gasteiger partial charge in [0.2, 0.25) is 5.78 Å². The number of carboxylic acid groups (broad SMARTS) is 1. The monoisotopic (exact) mass is 187 g/mol. The van der Waals surface area contributed by atoms with Gasteiger partial charge in [-0.05, 0) is 12.3 Å². The van der Waals surface area contributed by atoms with Gasteiger partial charge in [0.25, 0.3) is 0 Å². The first-order chi connectivity index (χ1) is 5.84. The zero-order valence-corrected chi connectivity index (χ0v) is 7.61. The molecule has 0 radical (unpaired) electrons. The van der Waals surface area contributed by atoms with Crippen molar-refractivity contribution in [3.63, 3.8) is 0 Å². The standard InChI is InChI=1S/C8H13NO4/c1-5(2)3-8(9,7(12)13)6(11)4-10/h4-5H,3,9H2,1-2H3,(H,12,13)/t8-/m0/s1. The van der Waals surface area contributed by atoms with Crippen LogP contribution in [0.5, 0.6) is 0 Å². The smallest absolute Gasteiger partial charge is 0.331 e. The van der Waals surface area contributed by atoms with E-state index in [0.29, 0.717) is 0 Å². The largest absolute Gasteiger partial charge is 0.480 e. The maximum atomic E-state index is 10.9. The van der Waals surface area contributed by atoms with Crippen LogP contribution in [0.3, 0.4) is 0 Å². The quantitative estimate of drug-likeness (QED) is 0.346. The van der Waals surface area contributed by atoms with E-state index in [1.807, 2.05) is 0 Å². The first-order valence-corrected chi connectivity index (χ1v) is 3.86. The van der Waals surface area contributed by atoms with Gasteiger partial charge in [0.1, 0.15) is 0 Å². The number of carboxylic acids is 1. The lowest BCUT2D eigenvalue weighted by atomic mass is 9.86. The first kappa shape index (κ1) is 11.8. The summed E-state index contributed by atoms with van der Waals surface area (Å²) in [6.45, 7) is 3.45. The second kappa shape index (κ2) is 4.13. The first-order valence-electron chi connectivity index (χ1n) is 3.86. The third-order valence-electron chi connectivity index (χ3n) is 1.66. The molecular formula is C8H13NO4. The molecule has 13 heavy (non-hydrogen) atoms. The molecular weight excluding hydrogens is 174 g/mol. The molecule has 0 aliphatic carbocycles. The molecule has 0 heterocycles. The predicted molar refractivity (Wildman–Crippen MR) is 45.1 cm³/mol. The topological polar surface area (TPSA) is 97.5 Å². The van der Waals surface area contributed by atoms with E-state index in [4.69, 9.17) is 10.8 Å². The molecule has 0 aromatic heterocycles. The summed E-state index contributed by atoms with van der Waals surface area (Å²) in [5.41, 5.74) is 3.26. The molecule has 1 atom stereocenters. The summed E-state index contributed by atoms with van der Waals surface area (Å²) in [5, 5.41) is 8.68. The van der Waals surface area contributed by atoms with Crippen LogP contribution in [-0.4, -0.2) is 28.7 Å². The Labute approximate surface area is 75.9 Å². The van der Waals surface area contributed by atoms with Gasteiger partial charge >= 0.3 is 5.97 Å². The van der Waals surface area contributed by atoms with Crippen molar-refractivity contribution >= 4 is 18.0 Å². The number of rotatable bonds is 5. The van der Waals surface area contributed by atoms with Crippen LogP contribution in [0.4, 0.5) is 0 Å². The third kappa shape index (κ3) is 2.62. The maximum Gasteiger partial charge on any atom is 0.331 e. The lowest BCUT2D eigenvalue weighted by Crippen LogP contribution is -2.56. The number of aldehydes is 1. The minimum atomic E-state index is -2.06. The van der Waals surface area contributed by atoms with E-state index in [1.165, 1.54) is 0 Å². The van der Waals surface area contributed by atoms with Gasteiger partial charge in [0.15, 0.2) is 11.8 Å². The highest BCUT2D eigenvalue weighted by Crippen LogP contribution is 2.15. The Kier molecular flexibility index (Phi) is 3.74. The van der Waals surface area contributed by atoms with Crippen LogP contribution in [0.25, 0.3) is 0 Å². The molecule has 0 aromatic rings. The maximum absolute atomic E-state index is 10.9. The Morgan fingerprint density at radius 2 is 2.00 bits per heavy atom. The number of aliphatic carboxylic acids is 1. The second-order valence-electron chi connectivity index (χ2n) is 3.36. The van der Waals surface area contributed by atoms with Crippen LogP contribution in [0, 0.1) is 5.92 Å². The summed E-state index contributed by atoms with van der Waals surface area (Å²) >= 11 is 0. The fourth-order valence-corrected chi connectivity index (χ4v) is 1.04. The molecule has 0 fully saturated rings. The van der Waals surface area contributed by atoms with E-state index >= 15 is 0 Å². The molecule has 0 unspecified atom stereocenters. The van der Waals surface area contributed by atoms with Crippen LogP contribution in [0.2, 0.25) is 0 Å². The van der Waals surface area contributed by atoms with Crippen molar-refractivity contribution in [2.75, 3.05) is 0 Å². The number of carbonyl (C=O) groups excluding carboxylic acids is 2. The Morgan fingerprint density at radius 1 is 1.54 bits per heavy atom.